The molecule has 1 fully saturated rings. The van der Waals surface area contributed by atoms with Gasteiger partial charge in [0, 0.05) is 17.0 Å². The highest BCUT2D eigenvalue weighted by molar-refractivity contribution is 8.00. The molecular formula is C10H18N4S2. The quantitative estimate of drug-likeness (QED) is 0.877. The summed E-state index contributed by atoms with van der Waals surface area (Å²) < 4.78 is 0.412. The van der Waals surface area contributed by atoms with Gasteiger partial charge in [0.1, 0.15) is 5.01 Å². The lowest BCUT2D eigenvalue weighted by molar-refractivity contribution is 0.275. The summed E-state index contributed by atoms with van der Waals surface area (Å²) in [6, 6.07) is 0. The number of aromatic nitrogens is 2. The number of hydrogen-bond acceptors (Lipinski definition) is 6. The van der Waals surface area contributed by atoms with Crippen molar-refractivity contribution in [3.05, 3.63) is 5.01 Å². The van der Waals surface area contributed by atoms with E-state index < -0.39 is 0 Å². The Morgan fingerprint density at radius 2 is 2.19 bits per heavy atom. The second-order valence-electron chi connectivity index (χ2n) is 4.67. The zero-order valence-electron chi connectivity index (χ0n) is 9.77. The van der Waals surface area contributed by atoms with E-state index >= 15 is 0 Å². The van der Waals surface area contributed by atoms with Gasteiger partial charge in [0.2, 0.25) is 5.13 Å². The molecule has 0 bridgehead atoms. The molecular weight excluding hydrogens is 240 g/mol. The second kappa shape index (κ2) is 4.89. The Balaban J connectivity index is 1.91. The summed E-state index contributed by atoms with van der Waals surface area (Å²) in [4.78, 5) is 2.45. The molecule has 90 valence electrons. The van der Waals surface area contributed by atoms with Crippen molar-refractivity contribution in [3.63, 3.8) is 0 Å². The molecule has 0 atom stereocenters. The molecule has 2 rings (SSSR count). The Morgan fingerprint density at radius 3 is 2.88 bits per heavy atom. The molecule has 0 saturated carbocycles. The number of nitrogen functional groups attached to an aromatic ring is 1. The van der Waals surface area contributed by atoms with Gasteiger partial charge >= 0.3 is 0 Å². The fraction of sp³-hybridized carbons (Fsp3) is 0.800. The first kappa shape index (κ1) is 12.1. The molecule has 1 aliphatic rings. The molecule has 0 spiro atoms. The standard InChI is InChI=1S/C10H18N4S2/c1-10(2)3-4-14(5-6-15-10)7-8-12-13-9(11)16-8/h3-7H2,1-2H3,(H2,11,13). The fourth-order valence-electron chi connectivity index (χ4n) is 1.74. The lowest BCUT2D eigenvalue weighted by Gasteiger charge is -2.21. The molecule has 1 saturated heterocycles. The third kappa shape index (κ3) is 3.33. The van der Waals surface area contributed by atoms with Crippen LogP contribution in [0.1, 0.15) is 25.3 Å². The van der Waals surface area contributed by atoms with E-state index in [0.29, 0.717) is 9.88 Å². The van der Waals surface area contributed by atoms with Crippen LogP contribution in [-0.4, -0.2) is 38.7 Å². The average molecular weight is 258 g/mol. The summed E-state index contributed by atoms with van der Waals surface area (Å²) in [7, 11) is 0. The molecule has 1 aromatic rings. The first-order valence-electron chi connectivity index (χ1n) is 5.49. The molecule has 4 nitrogen and oxygen atoms in total. The molecule has 0 amide bonds. The zero-order chi connectivity index (χ0) is 11.6. The highest BCUT2D eigenvalue weighted by atomic mass is 32.2. The number of thioether (sulfide) groups is 1. The molecule has 0 aliphatic carbocycles. The van der Waals surface area contributed by atoms with Gasteiger partial charge in [0.25, 0.3) is 0 Å². The normalized spacial score (nSPS) is 21.9. The highest BCUT2D eigenvalue weighted by Gasteiger charge is 2.23. The third-order valence-corrected chi connectivity index (χ3v) is 4.88. The van der Waals surface area contributed by atoms with Crippen LogP contribution in [0.4, 0.5) is 5.13 Å². The van der Waals surface area contributed by atoms with E-state index in [4.69, 9.17) is 5.73 Å². The third-order valence-electron chi connectivity index (χ3n) is 2.77. The van der Waals surface area contributed by atoms with Gasteiger partial charge in [-0.15, -0.1) is 10.2 Å². The van der Waals surface area contributed by atoms with E-state index in [9.17, 15) is 0 Å². The molecule has 2 heterocycles. The maximum Gasteiger partial charge on any atom is 0.203 e. The van der Waals surface area contributed by atoms with Crippen molar-refractivity contribution in [2.75, 3.05) is 24.6 Å². The lowest BCUT2D eigenvalue weighted by Crippen LogP contribution is -2.26. The van der Waals surface area contributed by atoms with Crippen LogP contribution in [0.3, 0.4) is 0 Å². The maximum atomic E-state index is 5.58. The van der Waals surface area contributed by atoms with Crippen molar-refractivity contribution < 1.29 is 0 Å². The van der Waals surface area contributed by atoms with Crippen LogP contribution < -0.4 is 5.73 Å². The summed E-state index contributed by atoms with van der Waals surface area (Å²) in [5.74, 6) is 1.20. The summed E-state index contributed by atoms with van der Waals surface area (Å²) in [5, 5.41) is 9.52. The fourth-order valence-corrected chi connectivity index (χ4v) is 3.53. The molecule has 6 heteroatoms. The highest BCUT2D eigenvalue weighted by Crippen LogP contribution is 2.31. The van der Waals surface area contributed by atoms with Gasteiger partial charge < -0.3 is 5.73 Å². The number of rotatable bonds is 2. The van der Waals surface area contributed by atoms with E-state index in [1.54, 1.807) is 0 Å². The van der Waals surface area contributed by atoms with Gasteiger partial charge in [-0.2, -0.15) is 11.8 Å². The van der Waals surface area contributed by atoms with Crippen LogP contribution in [0.2, 0.25) is 0 Å². The molecule has 0 aromatic carbocycles. The Kier molecular flexibility index (Phi) is 3.71. The largest absolute Gasteiger partial charge is 0.374 e. The minimum absolute atomic E-state index is 0.412. The van der Waals surface area contributed by atoms with E-state index in [0.717, 1.165) is 24.6 Å². The molecule has 16 heavy (non-hydrogen) atoms. The molecule has 0 unspecified atom stereocenters. The molecule has 0 radical (unpaired) electrons. The van der Waals surface area contributed by atoms with Crippen LogP contribution in [0.25, 0.3) is 0 Å². The van der Waals surface area contributed by atoms with Gasteiger partial charge in [-0.05, 0) is 13.0 Å². The molecule has 1 aliphatic heterocycles. The first-order chi connectivity index (χ1) is 7.55. The zero-order valence-corrected chi connectivity index (χ0v) is 11.4. The van der Waals surface area contributed by atoms with Crippen LogP contribution >= 0.6 is 23.1 Å². The van der Waals surface area contributed by atoms with Gasteiger partial charge in [-0.1, -0.05) is 25.2 Å². The molecule has 2 N–H and O–H groups in total. The van der Waals surface area contributed by atoms with Crippen LogP contribution in [0.5, 0.6) is 0 Å². The Hall–Kier alpha value is -0.330. The van der Waals surface area contributed by atoms with Crippen molar-refractivity contribution in [3.8, 4) is 0 Å². The predicted octanol–water partition coefficient (Wildman–Crippen LogP) is 1.84. The van der Waals surface area contributed by atoms with Crippen LogP contribution in [0, 0.1) is 0 Å². The first-order valence-corrected chi connectivity index (χ1v) is 7.29. The SMILES string of the molecule is CC1(C)CCN(Cc2nnc(N)s2)CCS1. The minimum atomic E-state index is 0.412. The number of nitrogens with two attached hydrogens (primary N) is 1. The monoisotopic (exact) mass is 258 g/mol. The second-order valence-corrected chi connectivity index (χ2v) is 7.56. The van der Waals surface area contributed by atoms with E-state index in [1.807, 2.05) is 0 Å². The van der Waals surface area contributed by atoms with Crippen LogP contribution in [0.15, 0.2) is 0 Å². The van der Waals surface area contributed by atoms with E-state index in [1.165, 1.54) is 23.5 Å². The Labute approximate surface area is 105 Å². The predicted molar refractivity (Wildman–Crippen MR) is 70.8 cm³/mol. The van der Waals surface area contributed by atoms with Gasteiger partial charge in [-0.25, -0.2) is 0 Å². The number of hydrogen-bond donors (Lipinski definition) is 1. The van der Waals surface area contributed by atoms with E-state index in [-0.39, 0.29) is 0 Å². The van der Waals surface area contributed by atoms with Gasteiger partial charge in [-0.3, -0.25) is 4.90 Å². The van der Waals surface area contributed by atoms with Crippen molar-refractivity contribution in [2.24, 2.45) is 0 Å². The van der Waals surface area contributed by atoms with Crippen molar-refractivity contribution in [1.82, 2.24) is 15.1 Å². The van der Waals surface area contributed by atoms with Crippen molar-refractivity contribution >= 4 is 28.2 Å². The summed E-state index contributed by atoms with van der Waals surface area (Å²) in [5.41, 5.74) is 5.58. The smallest absolute Gasteiger partial charge is 0.203 e. The summed E-state index contributed by atoms with van der Waals surface area (Å²) in [6.45, 7) is 7.81. The van der Waals surface area contributed by atoms with Crippen LogP contribution in [-0.2, 0) is 6.54 Å². The summed E-state index contributed by atoms with van der Waals surface area (Å²) in [6.07, 6.45) is 1.23. The summed E-state index contributed by atoms with van der Waals surface area (Å²) >= 11 is 3.56. The maximum absolute atomic E-state index is 5.58. The number of anilines is 1. The van der Waals surface area contributed by atoms with Crippen molar-refractivity contribution in [2.45, 2.75) is 31.6 Å². The topological polar surface area (TPSA) is 55.0 Å². The number of nitrogens with zero attached hydrogens (tertiary/aromatic N) is 3. The van der Waals surface area contributed by atoms with Crippen molar-refractivity contribution in [1.29, 1.82) is 0 Å². The lowest BCUT2D eigenvalue weighted by atomic mass is 10.1. The van der Waals surface area contributed by atoms with E-state index in [2.05, 4.69) is 40.7 Å². The minimum Gasteiger partial charge on any atom is -0.374 e. The molecule has 1 aromatic heterocycles. The Bertz CT molecular complexity index is 350. The average Bonchev–Trinajstić information content (AvgIpc) is 2.52. The Morgan fingerprint density at radius 1 is 1.38 bits per heavy atom. The van der Waals surface area contributed by atoms with Gasteiger partial charge in [0.15, 0.2) is 0 Å². The van der Waals surface area contributed by atoms with Gasteiger partial charge in [0.05, 0.1) is 6.54 Å².